The Morgan fingerprint density at radius 3 is 2.50 bits per heavy atom. The predicted octanol–water partition coefficient (Wildman–Crippen LogP) is 4.79. The highest BCUT2D eigenvalue weighted by Crippen LogP contribution is 2.35. The number of hydrogen-bond donors (Lipinski definition) is 2. The van der Waals surface area contributed by atoms with E-state index in [0.717, 1.165) is 10.0 Å². The van der Waals surface area contributed by atoms with Crippen LogP contribution in [0.4, 0.5) is 17.2 Å². The van der Waals surface area contributed by atoms with Crippen molar-refractivity contribution in [3.63, 3.8) is 0 Å². The minimum absolute atomic E-state index is 0.533. The molecule has 0 fully saturated rings. The molecule has 0 aliphatic heterocycles. The highest BCUT2D eigenvalue weighted by molar-refractivity contribution is 9.10. The number of anilines is 3. The van der Waals surface area contributed by atoms with Crippen molar-refractivity contribution in [2.24, 2.45) is 0 Å². The molecule has 3 nitrogen and oxygen atoms in total. The van der Waals surface area contributed by atoms with Crippen molar-refractivity contribution in [2.45, 2.75) is 6.92 Å². The Bertz CT molecular complexity index is 582. The molecule has 3 N–H and O–H groups in total. The molecule has 2 aromatic rings. The molecule has 0 radical (unpaired) electrons. The number of nitrogens with one attached hydrogen (secondary N) is 1. The van der Waals surface area contributed by atoms with Gasteiger partial charge in [0, 0.05) is 0 Å². The second kappa shape index (κ2) is 5.34. The van der Waals surface area contributed by atoms with Gasteiger partial charge in [0.25, 0.3) is 0 Å². The van der Waals surface area contributed by atoms with Crippen molar-refractivity contribution in [3.05, 3.63) is 44.5 Å². The van der Waals surface area contributed by atoms with Crippen molar-refractivity contribution in [1.29, 1.82) is 0 Å². The molecule has 0 saturated heterocycles. The van der Waals surface area contributed by atoms with Crippen LogP contribution in [0.1, 0.15) is 5.56 Å². The van der Waals surface area contributed by atoms with Crippen LogP contribution < -0.4 is 11.1 Å². The number of pyridine rings is 1. The van der Waals surface area contributed by atoms with Gasteiger partial charge in [0.15, 0.2) is 0 Å². The molecule has 1 aromatic carbocycles. The zero-order valence-corrected chi connectivity index (χ0v) is 12.6. The van der Waals surface area contributed by atoms with E-state index >= 15 is 0 Å². The third-order valence-electron chi connectivity index (χ3n) is 2.51. The second-order valence-electron chi connectivity index (χ2n) is 3.72. The van der Waals surface area contributed by atoms with E-state index in [1.165, 1.54) is 0 Å². The average molecular weight is 347 g/mol. The van der Waals surface area contributed by atoms with Crippen molar-refractivity contribution in [1.82, 2.24) is 4.98 Å². The van der Waals surface area contributed by atoms with Crippen molar-refractivity contribution >= 4 is 56.3 Å². The van der Waals surface area contributed by atoms with E-state index in [9.17, 15) is 0 Å². The number of hydrogen-bond acceptors (Lipinski definition) is 3. The number of halogens is 3. The van der Waals surface area contributed by atoms with E-state index in [2.05, 4.69) is 26.2 Å². The largest absolute Gasteiger partial charge is 0.397 e. The molecule has 0 aliphatic rings. The minimum atomic E-state index is 0.533. The van der Waals surface area contributed by atoms with E-state index in [1.54, 1.807) is 24.4 Å². The van der Waals surface area contributed by atoms with Gasteiger partial charge < -0.3 is 11.1 Å². The average Bonchev–Trinajstić information content (AvgIpc) is 2.34. The van der Waals surface area contributed by atoms with Crippen LogP contribution in [-0.4, -0.2) is 4.98 Å². The molecule has 1 heterocycles. The molecular formula is C12H10BrCl2N3. The van der Waals surface area contributed by atoms with Gasteiger partial charge in [0.2, 0.25) is 0 Å². The van der Waals surface area contributed by atoms with Crippen LogP contribution in [-0.2, 0) is 0 Å². The lowest BCUT2D eigenvalue weighted by Crippen LogP contribution is -2.00. The molecule has 0 saturated carbocycles. The summed E-state index contributed by atoms with van der Waals surface area (Å²) in [6.45, 7) is 1.90. The highest BCUT2D eigenvalue weighted by atomic mass is 79.9. The summed E-state index contributed by atoms with van der Waals surface area (Å²) in [5.74, 6) is 0.622. The molecule has 0 unspecified atom stereocenters. The summed E-state index contributed by atoms with van der Waals surface area (Å²) in [4.78, 5) is 4.22. The molecule has 1 aromatic heterocycles. The molecule has 6 heteroatoms. The first-order valence-corrected chi connectivity index (χ1v) is 6.67. The summed E-state index contributed by atoms with van der Waals surface area (Å²) >= 11 is 15.6. The molecule has 0 atom stereocenters. The maximum absolute atomic E-state index is 6.09. The van der Waals surface area contributed by atoms with Crippen molar-refractivity contribution in [3.8, 4) is 0 Å². The summed E-state index contributed by atoms with van der Waals surface area (Å²) in [5, 5.41) is 4.17. The Morgan fingerprint density at radius 2 is 1.89 bits per heavy atom. The zero-order valence-electron chi connectivity index (χ0n) is 9.47. The quantitative estimate of drug-likeness (QED) is 0.822. The zero-order chi connectivity index (χ0) is 13.3. The van der Waals surface area contributed by atoms with Crippen LogP contribution in [0.25, 0.3) is 0 Å². The topological polar surface area (TPSA) is 50.9 Å². The third-order valence-corrected chi connectivity index (χ3v) is 4.11. The van der Waals surface area contributed by atoms with Gasteiger partial charge in [-0.15, -0.1) is 0 Å². The van der Waals surface area contributed by atoms with E-state index in [1.807, 2.05) is 6.92 Å². The van der Waals surface area contributed by atoms with Crippen LogP contribution in [0.3, 0.4) is 0 Å². The molecule has 0 bridgehead atoms. The first-order valence-electron chi connectivity index (χ1n) is 5.12. The van der Waals surface area contributed by atoms with E-state index in [0.29, 0.717) is 27.2 Å². The fourth-order valence-corrected chi connectivity index (χ4v) is 2.34. The lowest BCUT2D eigenvalue weighted by Gasteiger charge is -2.13. The molecule has 0 amide bonds. The molecule has 0 spiro atoms. The fourth-order valence-electron chi connectivity index (χ4n) is 1.41. The summed E-state index contributed by atoms with van der Waals surface area (Å²) < 4.78 is 0.790. The first-order chi connectivity index (χ1) is 8.50. The van der Waals surface area contributed by atoms with Crippen LogP contribution in [0.5, 0.6) is 0 Å². The lowest BCUT2D eigenvalue weighted by molar-refractivity contribution is 1.25. The van der Waals surface area contributed by atoms with Crippen LogP contribution in [0.2, 0.25) is 10.0 Å². The number of benzene rings is 1. The van der Waals surface area contributed by atoms with Crippen LogP contribution in [0.15, 0.2) is 28.9 Å². The molecular weight excluding hydrogens is 337 g/mol. The number of para-hydroxylation sites is 1. The van der Waals surface area contributed by atoms with Gasteiger partial charge >= 0.3 is 0 Å². The Labute approximate surface area is 123 Å². The number of nitrogens with zero attached hydrogens (tertiary/aromatic N) is 1. The smallest absolute Gasteiger partial charge is 0.145 e. The fraction of sp³-hybridized carbons (Fsp3) is 0.0833. The maximum Gasteiger partial charge on any atom is 0.145 e. The second-order valence-corrected chi connectivity index (χ2v) is 5.33. The van der Waals surface area contributed by atoms with Gasteiger partial charge in [-0.3, -0.25) is 0 Å². The first kappa shape index (κ1) is 13.5. The molecule has 0 aliphatic carbocycles. The van der Waals surface area contributed by atoms with Gasteiger partial charge in [-0.05, 0) is 40.5 Å². The Morgan fingerprint density at radius 1 is 1.28 bits per heavy atom. The minimum Gasteiger partial charge on any atom is -0.397 e. The van der Waals surface area contributed by atoms with Gasteiger partial charge in [-0.1, -0.05) is 29.3 Å². The van der Waals surface area contributed by atoms with Crippen LogP contribution in [0, 0.1) is 6.92 Å². The van der Waals surface area contributed by atoms with E-state index in [-0.39, 0.29) is 0 Å². The standard InChI is InChI=1S/C12H10BrCl2N3/c1-6-9(16)5-17-12(10(6)13)18-11-7(14)3-2-4-8(11)15/h2-5H,16H2,1H3,(H,17,18). The maximum atomic E-state index is 6.09. The van der Waals surface area contributed by atoms with Crippen molar-refractivity contribution < 1.29 is 0 Å². The monoisotopic (exact) mass is 345 g/mol. The SMILES string of the molecule is Cc1c(N)cnc(Nc2c(Cl)cccc2Cl)c1Br. The third kappa shape index (κ3) is 2.55. The predicted molar refractivity (Wildman–Crippen MR) is 80.8 cm³/mol. The number of nitrogen functional groups attached to an aromatic ring is 1. The Hall–Kier alpha value is -0.970. The van der Waals surface area contributed by atoms with Gasteiger partial charge in [0.1, 0.15) is 5.82 Å². The molecule has 2 rings (SSSR count). The summed E-state index contributed by atoms with van der Waals surface area (Å²) in [7, 11) is 0. The van der Waals surface area contributed by atoms with E-state index in [4.69, 9.17) is 28.9 Å². The molecule has 94 valence electrons. The van der Waals surface area contributed by atoms with Gasteiger partial charge in [-0.25, -0.2) is 4.98 Å². The molecule has 18 heavy (non-hydrogen) atoms. The summed E-state index contributed by atoms with van der Waals surface area (Å²) in [6.07, 6.45) is 1.59. The van der Waals surface area contributed by atoms with Crippen molar-refractivity contribution in [2.75, 3.05) is 11.1 Å². The lowest BCUT2D eigenvalue weighted by atomic mass is 10.2. The number of nitrogens with two attached hydrogens (primary N) is 1. The number of aromatic nitrogens is 1. The van der Waals surface area contributed by atoms with E-state index < -0.39 is 0 Å². The van der Waals surface area contributed by atoms with Crippen LogP contribution >= 0.6 is 39.1 Å². The summed E-state index contributed by atoms with van der Waals surface area (Å²) in [6, 6.07) is 5.30. The van der Waals surface area contributed by atoms with Gasteiger partial charge in [0.05, 0.1) is 32.1 Å². The normalized spacial score (nSPS) is 10.4. The van der Waals surface area contributed by atoms with Gasteiger partial charge in [-0.2, -0.15) is 0 Å². The highest BCUT2D eigenvalue weighted by Gasteiger charge is 2.11. The Kier molecular flexibility index (Phi) is 4.00. The summed E-state index contributed by atoms with van der Waals surface area (Å²) in [5.41, 5.74) is 7.93. The Balaban J connectivity index is 2.44. The number of rotatable bonds is 2.